The van der Waals surface area contributed by atoms with Gasteiger partial charge in [0.05, 0.1) is 11.3 Å². The van der Waals surface area contributed by atoms with Crippen LogP contribution in [0, 0.1) is 0 Å². The molecule has 0 bridgehead atoms. The summed E-state index contributed by atoms with van der Waals surface area (Å²) in [6.45, 7) is 0.767. The first-order valence-electron chi connectivity index (χ1n) is 4.80. The molecule has 2 heterocycles. The van der Waals surface area contributed by atoms with Gasteiger partial charge in [0.25, 0.3) is 0 Å². The van der Waals surface area contributed by atoms with Gasteiger partial charge in [0.1, 0.15) is 0 Å². The van der Waals surface area contributed by atoms with Crippen molar-refractivity contribution < 1.29 is 9.90 Å². The molecule has 0 unspecified atom stereocenters. The Labute approximate surface area is 86.3 Å². The Morgan fingerprint density at radius 3 is 2.93 bits per heavy atom. The number of carboxylic acids is 1. The highest BCUT2D eigenvalue weighted by atomic mass is 16.4. The fraction of sp³-hybridized carbons (Fsp3) is 0.0833. The van der Waals surface area contributed by atoms with Crippen LogP contribution >= 0.6 is 0 Å². The molecule has 0 amide bonds. The van der Waals surface area contributed by atoms with Crippen LogP contribution < -0.4 is 0 Å². The van der Waals surface area contributed by atoms with Crippen molar-refractivity contribution >= 4 is 22.9 Å². The van der Waals surface area contributed by atoms with E-state index in [4.69, 9.17) is 0 Å². The Morgan fingerprint density at radius 1 is 1.33 bits per heavy atom. The largest absolute Gasteiger partial charge is 0.478 e. The Bertz CT molecular complexity index is 593. The van der Waals surface area contributed by atoms with Crippen LogP contribution in [0.3, 0.4) is 0 Å². The summed E-state index contributed by atoms with van der Waals surface area (Å²) in [6, 6.07) is 7.62. The number of carboxylic acid groups (broad SMARTS) is 1. The molecular weight excluding hydrogens is 190 g/mol. The maximum Gasteiger partial charge on any atom is 0.338 e. The van der Waals surface area contributed by atoms with Crippen LogP contribution in [0.2, 0.25) is 0 Å². The lowest BCUT2D eigenvalue weighted by atomic mass is 10.1. The molecule has 74 valence electrons. The molecule has 15 heavy (non-hydrogen) atoms. The molecule has 3 nitrogen and oxygen atoms in total. The van der Waals surface area contributed by atoms with Gasteiger partial charge < -0.3 is 9.67 Å². The van der Waals surface area contributed by atoms with E-state index in [9.17, 15) is 9.90 Å². The summed E-state index contributed by atoms with van der Waals surface area (Å²) in [5, 5.41) is 10.0. The number of para-hydroxylation sites is 1. The molecule has 0 fully saturated rings. The van der Waals surface area contributed by atoms with Gasteiger partial charge in [0.15, 0.2) is 0 Å². The van der Waals surface area contributed by atoms with Crippen molar-refractivity contribution in [3.05, 3.63) is 41.6 Å². The Hall–Kier alpha value is -2.03. The zero-order valence-electron chi connectivity index (χ0n) is 7.97. The molecule has 3 heteroatoms. The molecule has 0 saturated carbocycles. The van der Waals surface area contributed by atoms with Crippen LogP contribution in [0.25, 0.3) is 17.0 Å². The van der Waals surface area contributed by atoms with Gasteiger partial charge in [-0.1, -0.05) is 24.3 Å². The number of hydrogen-bond donors (Lipinski definition) is 1. The second-order valence-electron chi connectivity index (χ2n) is 3.60. The summed E-state index contributed by atoms with van der Waals surface area (Å²) < 4.78 is 2.03. The van der Waals surface area contributed by atoms with Gasteiger partial charge in [-0.15, -0.1) is 0 Å². The van der Waals surface area contributed by atoms with Gasteiger partial charge in [0.2, 0.25) is 0 Å². The summed E-state index contributed by atoms with van der Waals surface area (Å²) >= 11 is 0. The topological polar surface area (TPSA) is 42.2 Å². The van der Waals surface area contributed by atoms with E-state index in [1.54, 1.807) is 0 Å². The monoisotopic (exact) mass is 199 g/mol. The molecular formula is C12H9NO2. The summed E-state index contributed by atoms with van der Waals surface area (Å²) in [4.78, 5) is 11.2. The van der Waals surface area contributed by atoms with Gasteiger partial charge in [-0.2, -0.15) is 0 Å². The zero-order chi connectivity index (χ0) is 10.4. The summed E-state index contributed by atoms with van der Waals surface area (Å²) in [6.07, 6.45) is 3.86. The number of allylic oxidation sites excluding steroid dienone is 1. The van der Waals surface area contributed by atoms with Crippen molar-refractivity contribution in [1.29, 1.82) is 0 Å². The number of rotatable bonds is 1. The van der Waals surface area contributed by atoms with Gasteiger partial charge in [-0.3, -0.25) is 0 Å². The highest BCUT2D eigenvalue weighted by Gasteiger charge is 2.21. The molecule has 0 aliphatic carbocycles. The number of hydrogen-bond acceptors (Lipinski definition) is 1. The minimum Gasteiger partial charge on any atom is -0.478 e. The van der Waals surface area contributed by atoms with Crippen LogP contribution in [0.4, 0.5) is 0 Å². The molecule has 0 saturated heterocycles. The van der Waals surface area contributed by atoms with E-state index in [2.05, 4.69) is 0 Å². The van der Waals surface area contributed by atoms with E-state index < -0.39 is 5.97 Å². The van der Waals surface area contributed by atoms with Crippen LogP contribution in [0.15, 0.2) is 30.3 Å². The third-order valence-electron chi connectivity index (χ3n) is 2.79. The van der Waals surface area contributed by atoms with Crippen molar-refractivity contribution in [2.24, 2.45) is 0 Å². The third-order valence-corrected chi connectivity index (χ3v) is 2.79. The maximum atomic E-state index is 11.2. The van der Waals surface area contributed by atoms with Crippen LogP contribution in [0.5, 0.6) is 0 Å². The summed E-state index contributed by atoms with van der Waals surface area (Å²) in [7, 11) is 0. The van der Waals surface area contributed by atoms with Crippen molar-refractivity contribution in [3.63, 3.8) is 0 Å². The van der Waals surface area contributed by atoms with E-state index in [-0.39, 0.29) is 0 Å². The lowest BCUT2D eigenvalue weighted by Crippen LogP contribution is -1.98. The molecule has 3 rings (SSSR count). The summed E-state index contributed by atoms with van der Waals surface area (Å²) in [5.74, 6) is -0.855. The molecule has 0 spiro atoms. The first-order valence-corrected chi connectivity index (χ1v) is 4.80. The average molecular weight is 199 g/mol. The molecule has 1 aromatic heterocycles. The van der Waals surface area contributed by atoms with Gasteiger partial charge in [-0.05, 0) is 12.1 Å². The standard InChI is InChI=1S/C12H9NO2/c14-12(15)11-8-4-1-2-5-9(8)13-7-3-6-10(11)13/h1-6H,7H2,(H,14,15). The number of aromatic nitrogens is 1. The fourth-order valence-electron chi connectivity index (χ4n) is 2.19. The van der Waals surface area contributed by atoms with Gasteiger partial charge in [-0.25, -0.2) is 4.79 Å². The quantitative estimate of drug-likeness (QED) is 0.766. The molecule has 1 aliphatic rings. The Morgan fingerprint density at radius 2 is 2.13 bits per heavy atom. The molecule has 0 atom stereocenters. The fourth-order valence-corrected chi connectivity index (χ4v) is 2.19. The number of nitrogens with zero attached hydrogens (tertiary/aromatic N) is 1. The average Bonchev–Trinajstić information content (AvgIpc) is 2.75. The van der Waals surface area contributed by atoms with Crippen molar-refractivity contribution in [2.45, 2.75) is 6.54 Å². The molecule has 2 aromatic rings. The third kappa shape index (κ3) is 0.973. The zero-order valence-corrected chi connectivity index (χ0v) is 7.97. The normalized spacial score (nSPS) is 13.3. The maximum absolute atomic E-state index is 11.2. The van der Waals surface area contributed by atoms with Crippen molar-refractivity contribution in [2.75, 3.05) is 0 Å². The minimum atomic E-state index is -0.855. The SMILES string of the molecule is O=C(O)c1c2n(c3ccccc13)CC=C2. The second kappa shape index (κ2) is 2.73. The smallest absolute Gasteiger partial charge is 0.338 e. The predicted octanol–water partition coefficient (Wildman–Crippen LogP) is 2.37. The van der Waals surface area contributed by atoms with Crippen LogP contribution in [-0.2, 0) is 6.54 Å². The molecule has 0 radical (unpaired) electrons. The lowest BCUT2D eigenvalue weighted by Gasteiger charge is -1.97. The lowest BCUT2D eigenvalue weighted by molar-refractivity contribution is 0.0698. The van der Waals surface area contributed by atoms with Crippen molar-refractivity contribution in [1.82, 2.24) is 4.57 Å². The predicted molar refractivity (Wildman–Crippen MR) is 57.9 cm³/mol. The molecule has 1 aromatic carbocycles. The molecule has 1 aliphatic heterocycles. The van der Waals surface area contributed by atoms with Crippen molar-refractivity contribution in [3.8, 4) is 0 Å². The van der Waals surface area contributed by atoms with E-state index in [0.29, 0.717) is 5.56 Å². The van der Waals surface area contributed by atoms with E-state index >= 15 is 0 Å². The second-order valence-corrected chi connectivity index (χ2v) is 3.60. The number of aromatic carboxylic acids is 1. The Balaban J connectivity index is 2.50. The number of fused-ring (bicyclic) bond motifs is 3. The van der Waals surface area contributed by atoms with Crippen LogP contribution in [0.1, 0.15) is 16.1 Å². The van der Waals surface area contributed by atoms with E-state index in [0.717, 1.165) is 23.1 Å². The first-order chi connectivity index (χ1) is 7.29. The van der Waals surface area contributed by atoms with E-state index in [1.807, 2.05) is 41.0 Å². The van der Waals surface area contributed by atoms with Gasteiger partial charge >= 0.3 is 5.97 Å². The highest BCUT2D eigenvalue weighted by Crippen LogP contribution is 2.30. The van der Waals surface area contributed by atoms with Gasteiger partial charge in [0, 0.05) is 17.4 Å². The van der Waals surface area contributed by atoms with E-state index in [1.165, 1.54) is 0 Å². The van der Waals surface area contributed by atoms with Crippen LogP contribution in [-0.4, -0.2) is 15.6 Å². The highest BCUT2D eigenvalue weighted by molar-refractivity contribution is 6.07. The first kappa shape index (κ1) is 8.29. The number of carbonyl (C=O) groups is 1. The minimum absolute atomic E-state index is 0.416. The number of benzene rings is 1. The summed E-state index contributed by atoms with van der Waals surface area (Å²) in [5.41, 5.74) is 2.22. The molecule has 1 N–H and O–H groups in total. The Kier molecular flexibility index (Phi) is 1.51.